The molecule has 0 saturated heterocycles. The molecular weight excluding hydrogens is 376 g/mol. The molecule has 2 N–H and O–H groups in total. The van der Waals surface area contributed by atoms with Crippen LogP contribution in [0.3, 0.4) is 0 Å². The van der Waals surface area contributed by atoms with E-state index in [1.165, 1.54) is 18.6 Å². The molecule has 0 unspecified atom stereocenters. The molecule has 6 nitrogen and oxygen atoms in total. The highest BCUT2D eigenvalue weighted by Gasteiger charge is 2.21. The summed E-state index contributed by atoms with van der Waals surface area (Å²) in [6.07, 6.45) is 5.23. The number of sulfonamides is 1. The van der Waals surface area contributed by atoms with Crippen LogP contribution in [-0.4, -0.2) is 27.5 Å². The van der Waals surface area contributed by atoms with Crippen LogP contribution >= 0.6 is 0 Å². The van der Waals surface area contributed by atoms with Gasteiger partial charge in [0.2, 0.25) is 15.9 Å². The van der Waals surface area contributed by atoms with Crippen molar-refractivity contribution in [2.45, 2.75) is 49.5 Å². The van der Waals surface area contributed by atoms with Crippen LogP contribution in [0.5, 0.6) is 5.75 Å². The summed E-state index contributed by atoms with van der Waals surface area (Å²) in [4.78, 5) is 12.5. The summed E-state index contributed by atoms with van der Waals surface area (Å²) in [5.74, 6) is 0.466. The number of amides is 1. The minimum absolute atomic E-state index is 0.0129. The smallest absolute Gasteiger partial charge is 0.240 e. The highest BCUT2D eigenvalue weighted by atomic mass is 32.2. The summed E-state index contributed by atoms with van der Waals surface area (Å²) in [6, 6.07) is 13.6. The van der Waals surface area contributed by atoms with Gasteiger partial charge in [-0.3, -0.25) is 4.79 Å². The van der Waals surface area contributed by atoms with Gasteiger partial charge in [0.05, 0.1) is 18.4 Å². The van der Waals surface area contributed by atoms with Crippen molar-refractivity contribution >= 4 is 21.6 Å². The van der Waals surface area contributed by atoms with Crippen molar-refractivity contribution in [2.24, 2.45) is 0 Å². The van der Waals surface area contributed by atoms with E-state index in [0.717, 1.165) is 31.2 Å². The zero-order valence-corrected chi connectivity index (χ0v) is 16.8. The normalized spacial score (nSPS) is 15.2. The highest BCUT2D eigenvalue weighted by molar-refractivity contribution is 7.89. The number of carbonyl (C=O) groups is 1. The summed E-state index contributed by atoms with van der Waals surface area (Å²) < 4.78 is 33.1. The predicted molar refractivity (Wildman–Crippen MR) is 109 cm³/mol. The minimum atomic E-state index is -3.54. The number of methoxy groups -OCH3 is 1. The van der Waals surface area contributed by atoms with E-state index < -0.39 is 10.0 Å². The van der Waals surface area contributed by atoms with Crippen molar-refractivity contribution in [1.82, 2.24) is 4.72 Å². The first-order valence-electron chi connectivity index (χ1n) is 9.52. The van der Waals surface area contributed by atoms with Gasteiger partial charge < -0.3 is 10.1 Å². The van der Waals surface area contributed by atoms with E-state index in [0.29, 0.717) is 11.4 Å². The molecule has 1 fully saturated rings. The molecule has 0 aliphatic heterocycles. The standard InChI is InChI=1S/C21H26N2O4S/c1-27-20-10-6-5-7-16(20)15-21(24)22-17-11-13-19(14-12-17)28(25,26)23-18-8-3-2-4-9-18/h5-7,10-14,18,23H,2-4,8-9,15H2,1H3,(H,22,24). The lowest BCUT2D eigenvalue weighted by Crippen LogP contribution is -2.36. The van der Waals surface area contributed by atoms with Crippen molar-refractivity contribution in [3.63, 3.8) is 0 Å². The second-order valence-electron chi connectivity index (χ2n) is 7.02. The number of ether oxygens (including phenoxy) is 1. The van der Waals surface area contributed by atoms with Crippen molar-refractivity contribution in [3.8, 4) is 5.75 Å². The molecule has 0 radical (unpaired) electrons. The Morgan fingerprint density at radius 3 is 2.39 bits per heavy atom. The van der Waals surface area contributed by atoms with Crippen LogP contribution < -0.4 is 14.8 Å². The molecular formula is C21H26N2O4S. The van der Waals surface area contributed by atoms with Crippen LogP contribution in [0.15, 0.2) is 53.4 Å². The lowest BCUT2D eigenvalue weighted by molar-refractivity contribution is -0.115. The van der Waals surface area contributed by atoms with E-state index in [9.17, 15) is 13.2 Å². The molecule has 0 atom stereocenters. The van der Waals surface area contributed by atoms with Crippen LogP contribution in [0.1, 0.15) is 37.7 Å². The number of anilines is 1. The van der Waals surface area contributed by atoms with Crippen molar-refractivity contribution in [1.29, 1.82) is 0 Å². The van der Waals surface area contributed by atoms with Gasteiger partial charge in [0, 0.05) is 17.3 Å². The summed E-state index contributed by atoms with van der Waals surface area (Å²) in [6.45, 7) is 0. The van der Waals surface area contributed by atoms with E-state index in [-0.39, 0.29) is 23.3 Å². The molecule has 1 saturated carbocycles. The Bertz CT molecular complexity index is 904. The number of benzene rings is 2. The molecule has 1 amide bonds. The summed E-state index contributed by atoms with van der Waals surface area (Å²) in [5.41, 5.74) is 1.34. The quantitative estimate of drug-likeness (QED) is 0.742. The fourth-order valence-electron chi connectivity index (χ4n) is 3.45. The molecule has 150 valence electrons. The van der Waals surface area contributed by atoms with E-state index in [1.54, 1.807) is 19.2 Å². The van der Waals surface area contributed by atoms with E-state index in [1.807, 2.05) is 24.3 Å². The van der Waals surface area contributed by atoms with Gasteiger partial charge in [0.25, 0.3) is 0 Å². The van der Waals surface area contributed by atoms with Crippen LogP contribution in [0, 0.1) is 0 Å². The lowest BCUT2D eigenvalue weighted by atomic mass is 9.96. The highest BCUT2D eigenvalue weighted by Crippen LogP contribution is 2.21. The first kappa shape index (κ1) is 20.4. The summed E-state index contributed by atoms with van der Waals surface area (Å²) >= 11 is 0. The SMILES string of the molecule is COc1ccccc1CC(=O)Nc1ccc(S(=O)(=O)NC2CCCCC2)cc1. The Hall–Kier alpha value is -2.38. The number of carbonyl (C=O) groups excluding carboxylic acids is 1. The fraction of sp³-hybridized carbons (Fsp3) is 0.381. The van der Waals surface area contributed by atoms with Gasteiger partial charge in [-0.25, -0.2) is 13.1 Å². The number of nitrogens with one attached hydrogen (secondary N) is 2. The lowest BCUT2D eigenvalue weighted by Gasteiger charge is -2.22. The van der Waals surface area contributed by atoms with Crippen LogP contribution in [0.4, 0.5) is 5.69 Å². The largest absolute Gasteiger partial charge is 0.496 e. The number of hydrogen-bond donors (Lipinski definition) is 2. The maximum atomic E-state index is 12.5. The molecule has 7 heteroatoms. The first-order chi connectivity index (χ1) is 13.5. The Balaban J connectivity index is 1.61. The van der Waals surface area contributed by atoms with E-state index >= 15 is 0 Å². The molecule has 3 rings (SSSR count). The predicted octanol–water partition coefficient (Wildman–Crippen LogP) is 3.49. The number of hydrogen-bond acceptors (Lipinski definition) is 4. The summed E-state index contributed by atoms with van der Waals surface area (Å²) in [7, 11) is -1.98. The Morgan fingerprint density at radius 1 is 1.04 bits per heavy atom. The minimum Gasteiger partial charge on any atom is -0.496 e. The molecule has 28 heavy (non-hydrogen) atoms. The van der Waals surface area contributed by atoms with E-state index in [2.05, 4.69) is 10.0 Å². The van der Waals surface area contributed by atoms with Crippen molar-refractivity contribution < 1.29 is 17.9 Å². The average molecular weight is 403 g/mol. The monoisotopic (exact) mass is 402 g/mol. The maximum absolute atomic E-state index is 12.5. The second kappa shape index (κ2) is 9.21. The van der Waals surface area contributed by atoms with Gasteiger partial charge >= 0.3 is 0 Å². The number of rotatable bonds is 7. The summed E-state index contributed by atoms with van der Waals surface area (Å²) in [5, 5.41) is 2.79. The molecule has 0 bridgehead atoms. The van der Waals surface area contributed by atoms with Crippen molar-refractivity contribution in [2.75, 3.05) is 12.4 Å². The van der Waals surface area contributed by atoms with Gasteiger partial charge in [-0.15, -0.1) is 0 Å². The fourth-order valence-corrected chi connectivity index (χ4v) is 4.76. The van der Waals surface area contributed by atoms with Gasteiger partial charge in [-0.2, -0.15) is 0 Å². The Morgan fingerprint density at radius 2 is 1.71 bits per heavy atom. The van der Waals surface area contributed by atoms with E-state index in [4.69, 9.17) is 4.74 Å². The molecule has 1 aliphatic rings. The average Bonchev–Trinajstić information content (AvgIpc) is 2.69. The first-order valence-corrected chi connectivity index (χ1v) is 11.0. The molecule has 2 aromatic carbocycles. The molecule has 0 aromatic heterocycles. The third-order valence-corrected chi connectivity index (χ3v) is 6.46. The maximum Gasteiger partial charge on any atom is 0.240 e. The van der Waals surface area contributed by atoms with Gasteiger partial charge in [0.1, 0.15) is 5.75 Å². The molecule has 2 aromatic rings. The van der Waals surface area contributed by atoms with Crippen LogP contribution in [0.2, 0.25) is 0 Å². The zero-order chi connectivity index (χ0) is 20.0. The topological polar surface area (TPSA) is 84.5 Å². The Labute approximate surface area is 166 Å². The second-order valence-corrected chi connectivity index (χ2v) is 8.73. The van der Waals surface area contributed by atoms with Gasteiger partial charge in [-0.05, 0) is 43.2 Å². The third-order valence-electron chi connectivity index (χ3n) is 4.92. The zero-order valence-electron chi connectivity index (χ0n) is 16.0. The molecule has 1 aliphatic carbocycles. The number of para-hydroxylation sites is 1. The molecule has 0 spiro atoms. The van der Waals surface area contributed by atoms with Crippen LogP contribution in [0.25, 0.3) is 0 Å². The van der Waals surface area contributed by atoms with Crippen LogP contribution in [-0.2, 0) is 21.2 Å². The third kappa shape index (κ3) is 5.33. The molecule has 0 heterocycles. The van der Waals surface area contributed by atoms with Gasteiger partial charge in [-0.1, -0.05) is 37.5 Å². The van der Waals surface area contributed by atoms with Crippen molar-refractivity contribution in [3.05, 3.63) is 54.1 Å². The van der Waals surface area contributed by atoms with Gasteiger partial charge in [0.15, 0.2) is 0 Å². The Kier molecular flexibility index (Phi) is 6.70.